The number of ether oxygens (including phenoxy) is 4. The van der Waals surface area contributed by atoms with Crippen molar-refractivity contribution < 1.29 is 28.5 Å². The topological polar surface area (TPSA) is 71.1 Å². The van der Waals surface area contributed by atoms with Gasteiger partial charge in [-0.2, -0.15) is 0 Å². The van der Waals surface area contributed by atoms with Crippen LogP contribution in [-0.2, 0) is 28.5 Å². The number of carbonyl (C=O) groups is 2. The van der Waals surface area contributed by atoms with Gasteiger partial charge in [-0.25, -0.2) is 0 Å². The lowest BCUT2D eigenvalue weighted by Crippen LogP contribution is -2.71. The Hall–Kier alpha value is -2.90. The third kappa shape index (κ3) is 4.73. The second kappa shape index (κ2) is 12.4. The van der Waals surface area contributed by atoms with Crippen molar-refractivity contribution >= 4 is 11.6 Å². The van der Waals surface area contributed by atoms with E-state index in [2.05, 4.69) is 26.3 Å². The van der Waals surface area contributed by atoms with Crippen molar-refractivity contribution in [1.29, 1.82) is 0 Å². The first-order valence-corrected chi connectivity index (χ1v) is 15.2. The van der Waals surface area contributed by atoms with E-state index in [1.807, 2.05) is 42.5 Å². The van der Waals surface area contributed by atoms with E-state index in [-0.39, 0.29) is 29.7 Å². The number of hydrogen-bond donors (Lipinski definition) is 0. The van der Waals surface area contributed by atoms with Gasteiger partial charge in [0.05, 0.1) is 12.2 Å². The summed E-state index contributed by atoms with van der Waals surface area (Å²) in [5.74, 6) is -5.64. The molecular weight excluding hydrogens is 528 g/mol. The van der Waals surface area contributed by atoms with Gasteiger partial charge in [0.25, 0.3) is 0 Å². The van der Waals surface area contributed by atoms with E-state index in [1.54, 1.807) is 0 Å². The fourth-order valence-electron chi connectivity index (χ4n) is 8.05. The zero-order valence-electron chi connectivity index (χ0n) is 25.0. The number of carbonyl (C=O) groups excluding carboxylic acids is 2. The smallest absolute Gasteiger partial charge is 0.237 e. The summed E-state index contributed by atoms with van der Waals surface area (Å²) in [5.41, 5.74) is 4.40. The highest BCUT2D eigenvalue weighted by atomic mass is 16.7. The summed E-state index contributed by atoms with van der Waals surface area (Å²) in [7, 11) is 3.04. The molecule has 6 aliphatic carbocycles. The molecule has 2 bridgehead atoms. The number of Topliss-reactive ketones (excluding diaryl/α,β-unsaturated/α-hetero) is 1. The first-order chi connectivity index (χ1) is 20.3. The van der Waals surface area contributed by atoms with Crippen LogP contribution in [0.25, 0.3) is 0 Å². The van der Waals surface area contributed by atoms with Crippen molar-refractivity contribution in [2.45, 2.75) is 75.1 Å². The van der Waals surface area contributed by atoms with Crippen LogP contribution in [0.15, 0.2) is 97.2 Å². The van der Waals surface area contributed by atoms with Crippen LogP contribution < -0.4 is 0 Å². The fraction of sp³-hybridized carbons (Fsp3) is 0.500. The molecule has 6 heteroatoms. The fourth-order valence-corrected chi connectivity index (χ4v) is 8.05. The molecule has 0 N–H and O–H groups in total. The van der Waals surface area contributed by atoms with Crippen LogP contribution >= 0.6 is 0 Å². The zero-order chi connectivity index (χ0) is 30.1. The van der Waals surface area contributed by atoms with Crippen LogP contribution in [0.5, 0.6) is 0 Å². The molecular formula is C36H44O6. The molecule has 6 nitrogen and oxygen atoms in total. The van der Waals surface area contributed by atoms with Crippen molar-refractivity contribution in [3.63, 3.8) is 0 Å². The first-order valence-electron chi connectivity index (χ1n) is 15.2. The minimum absolute atomic E-state index is 0.134. The molecule has 0 amide bonds. The molecule has 0 aliphatic heterocycles. The molecule has 224 valence electrons. The maximum absolute atomic E-state index is 14.3. The van der Waals surface area contributed by atoms with Crippen LogP contribution in [0, 0.1) is 23.7 Å². The minimum Gasteiger partial charge on any atom is -0.346 e. The number of rotatable bonds is 12. The largest absolute Gasteiger partial charge is 0.346 e. The van der Waals surface area contributed by atoms with E-state index in [0.29, 0.717) is 12.8 Å². The molecule has 1 fully saturated rings. The normalized spacial score (nSPS) is 37.6. The molecule has 0 radical (unpaired) electrons. The minimum atomic E-state index is -1.62. The number of allylic oxidation sites excluding steroid dienone is 8. The summed E-state index contributed by atoms with van der Waals surface area (Å²) < 4.78 is 26.1. The summed E-state index contributed by atoms with van der Waals surface area (Å²) in [6, 6.07) is 0. The third-order valence-corrected chi connectivity index (χ3v) is 9.97. The van der Waals surface area contributed by atoms with Gasteiger partial charge in [-0.1, -0.05) is 55.7 Å². The van der Waals surface area contributed by atoms with Crippen LogP contribution in [0.3, 0.4) is 0 Å². The average Bonchev–Trinajstić information content (AvgIpc) is 3.01. The standard InChI is InChI=1S/C36H44O6/c1-7-13-25-23(9-3)15-11-17-30(25)41-35(39-5)29-21-19-28(34(35)38)27-20-22-32(37)36(40-6,33(27)29)42-31-18-12-16-24(10-4)26(31)14-8-2/h7-10,19-22,27-31,33H,1-4,11-18H2,5-6H3/t27?,28-,29+,30-,31-,33?,35+,36-/m0/s1. The van der Waals surface area contributed by atoms with E-state index < -0.39 is 29.3 Å². The predicted octanol–water partition coefficient (Wildman–Crippen LogP) is 6.68. The summed E-state index contributed by atoms with van der Waals surface area (Å²) in [6.07, 6.45) is 20.5. The highest BCUT2D eigenvalue weighted by Gasteiger charge is 2.70. The molecule has 8 atom stereocenters. The van der Waals surface area contributed by atoms with Crippen LogP contribution in [0.1, 0.15) is 51.4 Å². The Balaban J connectivity index is 1.59. The Bertz CT molecular complexity index is 1280. The monoisotopic (exact) mass is 572 g/mol. The molecule has 0 aromatic heterocycles. The van der Waals surface area contributed by atoms with Gasteiger partial charge in [0, 0.05) is 32.0 Å². The van der Waals surface area contributed by atoms with Gasteiger partial charge in [-0.3, -0.25) is 9.59 Å². The maximum Gasteiger partial charge on any atom is 0.237 e. The van der Waals surface area contributed by atoms with Crippen molar-refractivity contribution in [2.75, 3.05) is 14.2 Å². The molecule has 42 heavy (non-hydrogen) atoms. The maximum atomic E-state index is 14.3. The summed E-state index contributed by atoms with van der Waals surface area (Å²) in [6.45, 7) is 15.9. The van der Waals surface area contributed by atoms with Gasteiger partial charge >= 0.3 is 0 Å². The first kappa shape index (κ1) is 30.6. The Labute approximate surface area is 250 Å². The molecule has 0 heterocycles. The van der Waals surface area contributed by atoms with Crippen LogP contribution in [0.4, 0.5) is 0 Å². The van der Waals surface area contributed by atoms with E-state index in [9.17, 15) is 9.59 Å². The Kier molecular flexibility index (Phi) is 9.00. The van der Waals surface area contributed by atoms with Gasteiger partial charge in [-0.05, 0) is 85.7 Å². The molecule has 0 aromatic rings. The second-order valence-corrected chi connectivity index (χ2v) is 11.9. The number of hydrogen-bond acceptors (Lipinski definition) is 6. The van der Waals surface area contributed by atoms with Crippen molar-refractivity contribution in [2.24, 2.45) is 23.7 Å². The van der Waals surface area contributed by atoms with Gasteiger partial charge in [0.2, 0.25) is 17.4 Å². The molecule has 1 saturated carbocycles. The van der Waals surface area contributed by atoms with E-state index in [1.165, 1.54) is 20.3 Å². The molecule has 0 aromatic carbocycles. The quantitative estimate of drug-likeness (QED) is 0.192. The highest BCUT2D eigenvalue weighted by molar-refractivity contribution is 6.00. The van der Waals surface area contributed by atoms with Crippen molar-refractivity contribution in [3.8, 4) is 0 Å². The zero-order valence-corrected chi connectivity index (χ0v) is 25.0. The summed E-state index contributed by atoms with van der Waals surface area (Å²) in [4.78, 5) is 28.2. The van der Waals surface area contributed by atoms with Gasteiger partial charge < -0.3 is 18.9 Å². The van der Waals surface area contributed by atoms with Gasteiger partial charge in [0.15, 0.2) is 5.78 Å². The lowest BCUT2D eigenvalue weighted by Gasteiger charge is -2.58. The number of fused-ring (bicyclic) bond motifs is 1. The Morgan fingerprint density at radius 1 is 0.810 bits per heavy atom. The number of methoxy groups -OCH3 is 2. The van der Waals surface area contributed by atoms with Gasteiger partial charge in [-0.15, -0.1) is 13.2 Å². The van der Waals surface area contributed by atoms with Crippen LogP contribution in [0.2, 0.25) is 0 Å². The molecule has 6 rings (SSSR count). The molecule has 0 saturated heterocycles. The summed E-state index contributed by atoms with van der Waals surface area (Å²) in [5, 5.41) is 0. The predicted molar refractivity (Wildman–Crippen MR) is 163 cm³/mol. The Morgan fingerprint density at radius 2 is 1.36 bits per heavy atom. The molecule has 6 aliphatic rings. The molecule has 2 unspecified atom stereocenters. The second-order valence-electron chi connectivity index (χ2n) is 11.9. The van der Waals surface area contributed by atoms with Gasteiger partial charge in [0.1, 0.15) is 0 Å². The van der Waals surface area contributed by atoms with Crippen LogP contribution in [-0.4, -0.2) is 49.6 Å². The molecule has 0 spiro atoms. The van der Waals surface area contributed by atoms with E-state index in [0.717, 1.165) is 60.8 Å². The lowest BCUT2D eigenvalue weighted by molar-refractivity contribution is -0.317. The summed E-state index contributed by atoms with van der Waals surface area (Å²) >= 11 is 0. The van der Waals surface area contributed by atoms with E-state index >= 15 is 0 Å². The Morgan fingerprint density at radius 3 is 1.86 bits per heavy atom. The lowest BCUT2D eigenvalue weighted by atomic mass is 9.54. The van der Waals surface area contributed by atoms with E-state index in [4.69, 9.17) is 18.9 Å². The van der Waals surface area contributed by atoms with Crippen molar-refractivity contribution in [3.05, 3.63) is 97.2 Å². The van der Waals surface area contributed by atoms with Crippen molar-refractivity contribution in [1.82, 2.24) is 0 Å². The number of ketones is 2. The third-order valence-electron chi connectivity index (χ3n) is 9.97. The average molecular weight is 573 g/mol. The highest BCUT2D eigenvalue weighted by Crippen LogP contribution is 2.58. The SMILES string of the molecule is C=CCC1=C(C=C)CCC[C@@H]1O[C@@]1(OC)C(=O)C=CC2C1[C@H]1C=C[C@@H]2C(=O)[C@]1(OC)O[C@H]1CCCC(C=C)=C1CC=C.